The van der Waals surface area contributed by atoms with Crippen molar-refractivity contribution in [1.82, 2.24) is 15.3 Å². The monoisotopic (exact) mass is 424 g/mol. The van der Waals surface area contributed by atoms with Gasteiger partial charge in [-0.2, -0.15) is 0 Å². The van der Waals surface area contributed by atoms with Gasteiger partial charge in [0.05, 0.1) is 11.7 Å². The second kappa shape index (κ2) is 9.37. The lowest BCUT2D eigenvalue weighted by molar-refractivity contribution is -0.114. The predicted octanol–water partition coefficient (Wildman–Crippen LogP) is 3.40. The van der Waals surface area contributed by atoms with Gasteiger partial charge in [-0.15, -0.1) is 0 Å². The van der Waals surface area contributed by atoms with E-state index >= 15 is 0 Å². The van der Waals surface area contributed by atoms with Crippen molar-refractivity contribution in [1.29, 1.82) is 0 Å². The lowest BCUT2D eigenvalue weighted by Gasteiger charge is -2.19. The summed E-state index contributed by atoms with van der Waals surface area (Å²) in [4.78, 5) is 42.8. The van der Waals surface area contributed by atoms with E-state index < -0.39 is 6.04 Å². The highest BCUT2D eigenvalue weighted by atomic mass is 35.5. The summed E-state index contributed by atoms with van der Waals surface area (Å²) in [5.74, 6) is 0.0359. The van der Waals surface area contributed by atoms with E-state index in [2.05, 4.69) is 20.6 Å². The molecule has 2 amide bonds. The van der Waals surface area contributed by atoms with Gasteiger partial charge in [-0.1, -0.05) is 23.7 Å². The molecule has 0 fully saturated rings. The van der Waals surface area contributed by atoms with Gasteiger partial charge in [0, 0.05) is 35.7 Å². The summed E-state index contributed by atoms with van der Waals surface area (Å²) >= 11 is 6.00. The Hall–Kier alpha value is -3.45. The Morgan fingerprint density at radius 3 is 2.37 bits per heavy atom. The molecule has 1 atom stereocenters. The number of aromatic nitrogens is 2. The summed E-state index contributed by atoms with van der Waals surface area (Å²) in [5, 5.41) is 6.24. The minimum atomic E-state index is -0.418. The maximum Gasteiger partial charge on any atom is 0.251 e. The van der Waals surface area contributed by atoms with E-state index in [0.29, 0.717) is 34.2 Å². The number of hydrogen-bond acceptors (Lipinski definition) is 4. The number of anilines is 1. The number of carbonyl (C=O) groups is 2. The molecule has 7 nitrogen and oxygen atoms in total. The van der Waals surface area contributed by atoms with E-state index in [4.69, 9.17) is 11.6 Å². The third-order valence-electron chi connectivity index (χ3n) is 4.37. The predicted molar refractivity (Wildman–Crippen MR) is 116 cm³/mol. The van der Waals surface area contributed by atoms with Crippen molar-refractivity contribution in [3.8, 4) is 0 Å². The molecule has 2 aromatic carbocycles. The van der Waals surface area contributed by atoms with E-state index in [0.717, 1.165) is 5.56 Å². The lowest BCUT2D eigenvalue weighted by Crippen LogP contribution is -2.30. The zero-order chi connectivity index (χ0) is 21.7. The first-order valence-corrected chi connectivity index (χ1v) is 9.69. The highest BCUT2D eigenvalue weighted by Gasteiger charge is 2.18. The molecule has 8 heteroatoms. The van der Waals surface area contributed by atoms with Crippen LogP contribution in [0.15, 0.2) is 59.4 Å². The average Bonchev–Trinajstić information content (AvgIpc) is 2.67. The molecule has 154 valence electrons. The highest BCUT2D eigenvalue weighted by Crippen LogP contribution is 2.21. The van der Waals surface area contributed by atoms with Crippen LogP contribution in [0.5, 0.6) is 0 Å². The molecule has 1 heterocycles. The molecule has 0 aliphatic heterocycles. The van der Waals surface area contributed by atoms with Crippen LogP contribution in [0.4, 0.5) is 5.69 Å². The fourth-order valence-electron chi connectivity index (χ4n) is 3.05. The third-order valence-corrected chi connectivity index (χ3v) is 4.62. The van der Waals surface area contributed by atoms with Crippen LogP contribution >= 0.6 is 11.6 Å². The zero-order valence-electron chi connectivity index (χ0n) is 16.5. The van der Waals surface area contributed by atoms with Crippen molar-refractivity contribution >= 4 is 29.1 Å². The number of H-pyrrole nitrogens is 1. The molecule has 0 aliphatic carbocycles. The van der Waals surface area contributed by atoms with Gasteiger partial charge in [-0.25, -0.2) is 4.98 Å². The van der Waals surface area contributed by atoms with Gasteiger partial charge in [0.15, 0.2) is 0 Å². The lowest BCUT2D eigenvalue weighted by atomic mass is 10.0. The molecule has 0 unspecified atom stereocenters. The number of amides is 2. The van der Waals surface area contributed by atoms with Crippen LogP contribution in [-0.2, 0) is 11.2 Å². The van der Waals surface area contributed by atoms with Crippen LogP contribution in [0.25, 0.3) is 0 Å². The van der Waals surface area contributed by atoms with E-state index in [1.807, 2.05) is 12.1 Å². The van der Waals surface area contributed by atoms with Gasteiger partial charge >= 0.3 is 0 Å². The minimum absolute atomic E-state index is 0.185. The quantitative estimate of drug-likeness (QED) is 0.564. The number of halogens is 1. The number of benzene rings is 2. The van der Waals surface area contributed by atoms with Crippen LogP contribution in [0.1, 0.15) is 40.4 Å². The Kier molecular flexibility index (Phi) is 6.64. The molecular formula is C22H21ClN4O3. The number of rotatable bonds is 6. The Labute approximate surface area is 178 Å². The molecule has 3 aromatic rings. The van der Waals surface area contributed by atoms with Crippen molar-refractivity contribution in [2.45, 2.75) is 26.3 Å². The number of aryl methyl sites for hydroxylation is 1. The van der Waals surface area contributed by atoms with Gasteiger partial charge in [0.1, 0.15) is 5.82 Å². The zero-order valence-corrected chi connectivity index (χ0v) is 17.3. The first-order valence-electron chi connectivity index (χ1n) is 9.31. The van der Waals surface area contributed by atoms with E-state index in [-0.39, 0.29) is 17.4 Å². The van der Waals surface area contributed by atoms with Crippen LogP contribution in [-0.4, -0.2) is 21.8 Å². The Bertz CT molecular complexity index is 1110. The van der Waals surface area contributed by atoms with Crippen molar-refractivity contribution in [2.75, 3.05) is 5.32 Å². The van der Waals surface area contributed by atoms with Crippen LogP contribution in [0.3, 0.4) is 0 Å². The van der Waals surface area contributed by atoms with Gasteiger partial charge in [-0.05, 0) is 48.9 Å². The smallest absolute Gasteiger partial charge is 0.251 e. The van der Waals surface area contributed by atoms with Crippen molar-refractivity contribution in [3.05, 3.63) is 92.6 Å². The summed E-state index contributed by atoms with van der Waals surface area (Å²) in [6.45, 7) is 3.12. The molecule has 0 radical (unpaired) electrons. The summed E-state index contributed by atoms with van der Waals surface area (Å²) in [6, 6.07) is 14.7. The molecule has 1 aromatic heterocycles. The SMILES string of the molecule is CC(=O)Nc1ccc(C(=O)N[C@@H](Cc2cc(=O)[nH]c(C)n2)c2ccc(Cl)cc2)cc1. The molecule has 0 saturated heterocycles. The van der Waals surface area contributed by atoms with Crippen LogP contribution in [0, 0.1) is 6.92 Å². The number of hydrogen-bond donors (Lipinski definition) is 3. The normalized spacial score (nSPS) is 11.6. The highest BCUT2D eigenvalue weighted by molar-refractivity contribution is 6.30. The average molecular weight is 425 g/mol. The number of aromatic amines is 1. The van der Waals surface area contributed by atoms with Crippen LogP contribution < -0.4 is 16.2 Å². The molecule has 3 N–H and O–H groups in total. The van der Waals surface area contributed by atoms with Gasteiger partial charge in [0.2, 0.25) is 5.91 Å². The Balaban J connectivity index is 1.84. The van der Waals surface area contributed by atoms with Crippen LogP contribution in [0.2, 0.25) is 5.02 Å². The van der Waals surface area contributed by atoms with Crippen molar-refractivity contribution in [2.24, 2.45) is 0 Å². The Morgan fingerprint density at radius 1 is 1.10 bits per heavy atom. The molecule has 0 saturated carbocycles. The molecule has 0 bridgehead atoms. The standard InChI is InChI=1S/C22H21ClN4O3/c1-13-24-19(12-21(29)25-13)11-20(15-3-7-17(23)8-4-15)27-22(30)16-5-9-18(10-6-16)26-14(2)28/h3-10,12,20H,11H2,1-2H3,(H,26,28)(H,27,30)(H,24,25,29)/t20-/m0/s1. The second-order valence-electron chi connectivity index (χ2n) is 6.86. The first kappa shape index (κ1) is 21.3. The maximum absolute atomic E-state index is 12.8. The molecule has 30 heavy (non-hydrogen) atoms. The largest absolute Gasteiger partial charge is 0.345 e. The number of nitrogens with one attached hydrogen (secondary N) is 3. The molecule has 0 aliphatic rings. The topological polar surface area (TPSA) is 104 Å². The van der Waals surface area contributed by atoms with E-state index in [1.165, 1.54) is 13.0 Å². The molecular weight excluding hydrogens is 404 g/mol. The molecule has 3 rings (SSSR count). The van der Waals surface area contributed by atoms with Gasteiger partial charge in [0.25, 0.3) is 11.5 Å². The fourth-order valence-corrected chi connectivity index (χ4v) is 3.18. The summed E-state index contributed by atoms with van der Waals surface area (Å²) in [6.07, 6.45) is 0.335. The maximum atomic E-state index is 12.8. The van der Waals surface area contributed by atoms with Gasteiger partial charge in [-0.3, -0.25) is 14.4 Å². The minimum Gasteiger partial charge on any atom is -0.345 e. The van der Waals surface area contributed by atoms with E-state index in [9.17, 15) is 14.4 Å². The van der Waals surface area contributed by atoms with Gasteiger partial charge < -0.3 is 15.6 Å². The summed E-state index contributed by atoms with van der Waals surface area (Å²) in [7, 11) is 0. The number of nitrogens with zero attached hydrogens (tertiary/aromatic N) is 1. The van der Waals surface area contributed by atoms with E-state index in [1.54, 1.807) is 43.3 Å². The third kappa shape index (κ3) is 5.78. The first-order chi connectivity index (χ1) is 14.3. The number of carbonyl (C=O) groups excluding carboxylic acids is 2. The molecule has 0 spiro atoms. The Morgan fingerprint density at radius 2 is 1.77 bits per heavy atom. The summed E-state index contributed by atoms with van der Waals surface area (Å²) < 4.78 is 0. The van der Waals surface area contributed by atoms with Crippen molar-refractivity contribution in [3.63, 3.8) is 0 Å². The second-order valence-corrected chi connectivity index (χ2v) is 7.30. The summed E-state index contributed by atoms with van der Waals surface area (Å²) in [5.41, 5.74) is 2.21. The van der Waals surface area contributed by atoms with Crippen molar-refractivity contribution < 1.29 is 9.59 Å². The fraction of sp³-hybridized carbons (Fsp3) is 0.182.